The van der Waals surface area contributed by atoms with Crippen LogP contribution in [-0.2, 0) is 16.8 Å². The molecule has 0 spiro atoms. The van der Waals surface area contributed by atoms with Crippen LogP contribution in [-0.4, -0.2) is 6.08 Å². The van der Waals surface area contributed by atoms with E-state index in [2.05, 4.69) is 53.0 Å². The summed E-state index contributed by atoms with van der Waals surface area (Å²) in [6, 6.07) is 6.33. The summed E-state index contributed by atoms with van der Waals surface area (Å²) >= 11 is 3.61. The van der Waals surface area contributed by atoms with Crippen molar-refractivity contribution in [2.24, 2.45) is 10.9 Å². The smallest absolute Gasteiger partial charge is 0.211 e. The molecule has 0 atom stereocenters. The lowest BCUT2D eigenvalue weighted by molar-refractivity contribution is 0.556. The zero-order chi connectivity index (χ0) is 12.5. The maximum atomic E-state index is 10.4. The molecule has 0 N–H and O–H groups in total. The number of halogens is 1. The van der Waals surface area contributed by atoms with E-state index in [4.69, 9.17) is 0 Å². The van der Waals surface area contributed by atoms with Gasteiger partial charge < -0.3 is 0 Å². The number of benzene rings is 1. The number of nitrogens with zero attached hydrogens (tertiary/aromatic N) is 1. The third-order valence-electron chi connectivity index (χ3n) is 3.20. The highest BCUT2D eigenvalue weighted by molar-refractivity contribution is 9.10. The summed E-state index contributed by atoms with van der Waals surface area (Å²) in [7, 11) is 0. The minimum absolute atomic E-state index is 0.263. The van der Waals surface area contributed by atoms with Crippen molar-refractivity contribution in [2.75, 3.05) is 0 Å². The zero-order valence-corrected chi connectivity index (χ0v) is 11.8. The fourth-order valence-corrected chi connectivity index (χ4v) is 2.65. The Kier molecular flexibility index (Phi) is 3.50. The first-order chi connectivity index (χ1) is 8.07. The van der Waals surface area contributed by atoms with Gasteiger partial charge in [0.05, 0.1) is 5.54 Å². The molecule has 1 aliphatic rings. The molecule has 1 aliphatic carbocycles. The van der Waals surface area contributed by atoms with Gasteiger partial charge in [-0.05, 0) is 42.4 Å². The molecule has 0 unspecified atom stereocenters. The summed E-state index contributed by atoms with van der Waals surface area (Å²) < 4.78 is 1.12. The van der Waals surface area contributed by atoms with E-state index in [1.54, 1.807) is 6.08 Å². The summed E-state index contributed by atoms with van der Waals surface area (Å²) in [5.74, 6) is 0.639. The molecule has 1 aromatic carbocycles. The Hall–Kier alpha value is -0.920. The molecule has 1 fully saturated rings. The molecule has 0 amide bonds. The van der Waals surface area contributed by atoms with Gasteiger partial charge in [0, 0.05) is 4.47 Å². The second kappa shape index (κ2) is 4.75. The fraction of sp³-hybridized carbons (Fsp3) is 0.500. The van der Waals surface area contributed by atoms with Crippen LogP contribution in [0.2, 0.25) is 0 Å². The van der Waals surface area contributed by atoms with Crippen molar-refractivity contribution in [3.63, 3.8) is 0 Å². The topological polar surface area (TPSA) is 29.4 Å². The van der Waals surface area contributed by atoms with Gasteiger partial charge >= 0.3 is 0 Å². The molecule has 1 aromatic rings. The number of aliphatic imine (C=N–C) groups is 1. The lowest BCUT2D eigenvalue weighted by Crippen LogP contribution is -2.03. The van der Waals surface area contributed by atoms with Crippen molar-refractivity contribution in [1.29, 1.82) is 0 Å². The molecule has 17 heavy (non-hydrogen) atoms. The molecule has 0 aromatic heterocycles. The monoisotopic (exact) mass is 293 g/mol. The molecule has 90 valence electrons. The van der Waals surface area contributed by atoms with Gasteiger partial charge in [-0.3, -0.25) is 0 Å². The third kappa shape index (κ3) is 2.67. The van der Waals surface area contributed by atoms with E-state index in [0.717, 1.165) is 29.3 Å². The molecular formula is C14H16BrNO. The predicted molar refractivity (Wildman–Crippen MR) is 71.7 cm³/mol. The van der Waals surface area contributed by atoms with Crippen molar-refractivity contribution in [2.45, 2.75) is 38.6 Å². The number of hydrogen-bond acceptors (Lipinski definition) is 2. The van der Waals surface area contributed by atoms with Gasteiger partial charge in [0.15, 0.2) is 0 Å². The highest BCUT2D eigenvalue weighted by Gasteiger charge is 2.44. The molecule has 2 rings (SSSR count). The highest BCUT2D eigenvalue weighted by atomic mass is 79.9. The van der Waals surface area contributed by atoms with Crippen molar-refractivity contribution in [3.8, 4) is 0 Å². The first kappa shape index (κ1) is 12.5. The largest absolute Gasteiger partial charge is 0.235 e. The summed E-state index contributed by atoms with van der Waals surface area (Å²) in [6.45, 7) is 4.42. The van der Waals surface area contributed by atoms with Crippen LogP contribution in [0.5, 0.6) is 0 Å². The van der Waals surface area contributed by atoms with Gasteiger partial charge in [-0.15, -0.1) is 0 Å². The Morgan fingerprint density at radius 2 is 2.18 bits per heavy atom. The minimum atomic E-state index is -0.263. The van der Waals surface area contributed by atoms with Crippen LogP contribution in [0.4, 0.5) is 0 Å². The molecule has 2 nitrogen and oxygen atoms in total. The summed E-state index contributed by atoms with van der Waals surface area (Å²) in [5.41, 5.74) is 2.18. The SMILES string of the molecule is CC(C)Cc1ccc(C2(N=C=O)CC2)cc1Br. The van der Waals surface area contributed by atoms with Gasteiger partial charge in [-0.1, -0.05) is 41.9 Å². The molecule has 0 bridgehead atoms. The van der Waals surface area contributed by atoms with Gasteiger partial charge in [-0.2, -0.15) is 4.99 Å². The average molecular weight is 294 g/mol. The van der Waals surface area contributed by atoms with Crippen LogP contribution >= 0.6 is 15.9 Å². The molecular weight excluding hydrogens is 278 g/mol. The first-order valence-electron chi connectivity index (χ1n) is 5.95. The van der Waals surface area contributed by atoms with Crippen LogP contribution in [0.15, 0.2) is 27.7 Å². The predicted octanol–water partition coefficient (Wildman–Crippen LogP) is 3.97. The first-order valence-corrected chi connectivity index (χ1v) is 6.74. The average Bonchev–Trinajstić information content (AvgIpc) is 3.02. The quantitative estimate of drug-likeness (QED) is 0.610. The van der Waals surface area contributed by atoms with E-state index in [1.807, 2.05) is 0 Å². The van der Waals surface area contributed by atoms with E-state index in [0.29, 0.717) is 5.92 Å². The van der Waals surface area contributed by atoms with E-state index in [1.165, 1.54) is 5.56 Å². The van der Waals surface area contributed by atoms with Crippen molar-refractivity contribution < 1.29 is 4.79 Å². The van der Waals surface area contributed by atoms with E-state index in [9.17, 15) is 4.79 Å². The lowest BCUT2D eigenvalue weighted by atomic mass is 9.98. The van der Waals surface area contributed by atoms with Gasteiger partial charge in [0.1, 0.15) is 0 Å². The molecule has 0 heterocycles. The summed E-state index contributed by atoms with van der Waals surface area (Å²) in [6.07, 6.45) is 4.67. The highest BCUT2D eigenvalue weighted by Crippen LogP contribution is 2.49. The van der Waals surface area contributed by atoms with E-state index >= 15 is 0 Å². The normalized spacial score (nSPS) is 16.7. The molecule has 0 saturated heterocycles. The number of hydrogen-bond donors (Lipinski definition) is 0. The van der Waals surface area contributed by atoms with Crippen molar-refractivity contribution in [1.82, 2.24) is 0 Å². The Bertz CT molecular complexity index is 471. The van der Waals surface area contributed by atoms with Crippen LogP contribution in [0.3, 0.4) is 0 Å². The van der Waals surface area contributed by atoms with E-state index < -0.39 is 0 Å². The standard InChI is InChI=1S/C14H16BrNO/c1-10(2)7-11-3-4-12(8-13(11)15)14(5-6-14)16-9-17/h3-4,8,10H,5-7H2,1-2H3. The van der Waals surface area contributed by atoms with Crippen LogP contribution < -0.4 is 0 Å². The Morgan fingerprint density at radius 3 is 2.65 bits per heavy atom. The number of rotatable bonds is 4. The Labute approximate surface area is 110 Å². The Balaban J connectivity index is 2.28. The van der Waals surface area contributed by atoms with Crippen molar-refractivity contribution >= 4 is 22.0 Å². The van der Waals surface area contributed by atoms with Gasteiger partial charge in [0.25, 0.3) is 0 Å². The Morgan fingerprint density at radius 1 is 1.47 bits per heavy atom. The van der Waals surface area contributed by atoms with Crippen molar-refractivity contribution in [3.05, 3.63) is 33.8 Å². The van der Waals surface area contributed by atoms with Crippen LogP contribution in [0, 0.1) is 5.92 Å². The lowest BCUT2D eigenvalue weighted by Gasteiger charge is -2.12. The van der Waals surface area contributed by atoms with E-state index in [-0.39, 0.29) is 5.54 Å². The molecule has 1 saturated carbocycles. The van der Waals surface area contributed by atoms with Gasteiger partial charge in [0.2, 0.25) is 6.08 Å². The zero-order valence-electron chi connectivity index (χ0n) is 10.2. The summed E-state index contributed by atoms with van der Waals surface area (Å²) in [5, 5.41) is 0. The number of carbonyl (C=O) groups excluding carboxylic acids is 1. The minimum Gasteiger partial charge on any atom is -0.211 e. The maximum absolute atomic E-state index is 10.4. The second-order valence-electron chi connectivity index (χ2n) is 5.14. The second-order valence-corrected chi connectivity index (χ2v) is 5.99. The molecule has 0 aliphatic heterocycles. The molecule has 3 heteroatoms. The third-order valence-corrected chi connectivity index (χ3v) is 3.94. The van der Waals surface area contributed by atoms with Crippen LogP contribution in [0.25, 0.3) is 0 Å². The molecule has 0 radical (unpaired) electrons. The summed E-state index contributed by atoms with van der Waals surface area (Å²) in [4.78, 5) is 14.4. The van der Waals surface area contributed by atoms with Gasteiger partial charge in [-0.25, -0.2) is 4.79 Å². The maximum Gasteiger partial charge on any atom is 0.235 e. The number of isocyanates is 1. The fourth-order valence-electron chi connectivity index (χ4n) is 2.11. The van der Waals surface area contributed by atoms with Crippen LogP contribution in [0.1, 0.15) is 37.8 Å².